The highest BCUT2D eigenvalue weighted by molar-refractivity contribution is 6.07. The molecular formula is C24H26N2O3. The minimum atomic E-state index is -0.245. The number of likely N-dealkylation sites (tertiary alicyclic amines) is 1. The Morgan fingerprint density at radius 1 is 0.862 bits per heavy atom. The lowest BCUT2D eigenvalue weighted by Gasteiger charge is -2.39. The van der Waals surface area contributed by atoms with Gasteiger partial charge in [-0.3, -0.25) is 4.90 Å². The third kappa shape index (κ3) is 3.80. The summed E-state index contributed by atoms with van der Waals surface area (Å²) >= 11 is 0. The van der Waals surface area contributed by atoms with Crippen molar-refractivity contribution in [1.29, 1.82) is 0 Å². The molecule has 1 amide bonds. The Bertz CT molecular complexity index is 1020. The van der Waals surface area contributed by atoms with Crippen molar-refractivity contribution < 1.29 is 14.3 Å². The number of hydrogen-bond acceptors (Lipinski definition) is 4. The molecule has 5 heteroatoms. The predicted molar refractivity (Wildman–Crippen MR) is 114 cm³/mol. The van der Waals surface area contributed by atoms with E-state index < -0.39 is 0 Å². The van der Waals surface area contributed by atoms with Crippen LogP contribution >= 0.6 is 0 Å². The predicted octanol–water partition coefficient (Wildman–Crippen LogP) is 4.29. The zero-order valence-electron chi connectivity index (χ0n) is 16.5. The van der Waals surface area contributed by atoms with E-state index in [0.717, 1.165) is 63.0 Å². The number of piperidine rings is 1. The van der Waals surface area contributed by atoms with Crippen molar-refractivity contribution in [2.75, 3.05) is 39.4 Å². The van der Waals surface area contributed by atoms with E-state index in [0.29, 0.717) is 11.8 Å². The molecule has 29 heavy (non-hydrogen) atoms. The molecule has 2 saturated heterocycles. The summed E-state index contributed by atoms with van der Waals surface area (Å²) in [5, 5.41) is 4.62. The van der Waals surface area contributed by atoms with Crippen molar-refractivity contribution in [2.45, 2.75) is 18.9 Å². The Morgan fingerprint density at radius 2 is 1.55 bits per heavy atom. The molecule has 2 aliphatic rings. The van der Waals surface area contributed by atoms with E-state index in [1.807, 2.05) is 35.2 Å². The fourth-order valence-corrected chi connectivity index (χ4v) is 4.57. The Balaban J connectivity index is 1.27. The van der Waals surface area contributed by atoms with Gasteiger partial charge in [0, 0.05) is 32.2 Å². The third-order valence-corrected chi connectivity index (χ3v) is 6.21. The fraction of sp³-hybridized carbons (Fsp3) is 0.375. The molecule has 0 N–H and O–H groups in total. The molecule has 150 valence electrons. The van der Waals surface area contributed by atoms with Gasteiger partial charge in [0.2, 0.25) is 0 Å². The number of rotatable bonds is 2. The van der Waals surface area contributed by atoms with Crippen LogP contribution in [0.2, 0.25) is 0 Å². The van der Waals surface area contributed by atoms with Crippen molar-refractivity contribution in [3.63, 3.8) is 0 Å². The molecule has 2 fully saturated rings. The molecule has 0 bridgehead atoms. The standard InChI is InChI=1S/C24H26N2O3/c27-24(26-11-9-20(10-12-26)25-13-15-28-16-14-25)29-21-8-7-19-6-5-18-3-1-2-4-22(18)23(19)17-21/h1-8,17,20H,9-16H2. The number of carbonyl (C=O) groups excluding carboxylic acids is 1. The van der Waals surface area contributed by atoms with E-state index in [1.54, 1.807) is 0 Å². The summed E-state index contributed by atoms with van der Waals surface area (Å²) in [7, 11) is 0. The largest absolute Gasteiger partial charge is 0.415 e. The number of ether oxygens (including phenoxy) is 2. The highest BCUT2D eigenvalue weighted by Crippen LogP contribution is 2.29. The van der Waals surface area contributed by atoms with Crippen LogP contribution in [-0.2, 0) is 4.74 Å². The fourth-order valence-electron chi connectivity index (χ4n) is 4.57. The van der Waals surface area contributed by atoms with Crippen LogP contribution in [0, 0.1) is 0 Å². The first-order valence-corrected chi connectivity index (χ1v) is 10.5. The number of benzene rings is 3. The smallest absolute Gasteiger partial charge is 0.410 e. The van der Waals surface area contributed by atoms with Gasteiger partial charge in [0.25, 0.3) is 0 Å². The molecule has 0 spiro atoms. The Morgan fingerprint density at radius 3 is 2.34 bits per heavy atom. The molecular weight excluding hydrogens is 364 g/mol. The number of hydrogen-bond donors (Lipinski definition) is 0. The molecule has 0 radical (unpaired) electrons. The van der Waals surface area contributed by atoms with Gasteiger partial charge in [-0.05, 0) is 46.5 Å². The lowest BCUT2D eigenvalue weighted by Crippen LogP contribution is -2.50. The van der Waals surface area contributed by atoms with Crippen molar-refractivity contribution in [2.24, 2.45) is 0 Å². The van der Waals surface area contributed by atoms with Gasteiger partial charge in [0.05, 0.1) is 13.2 Å². The first kappa shape index (κ1) is 18.4. The van der Waals surface area contributed by atoms with Gasteiger partial charge < -0.3 is 14.4 Å². The van der Waals surface area contributed by atoms with Crippen LogP contribution in [0.15, 0.2) is 54.6 Å². The normalized spacial score (nSPS) is 19.0. The summed E-state index contributed by atoms with van der Waals surface area (Å²) < 4.78 is 11.2. The molecule has 0 saturated carbocycles. The molecule has 0 atom stereocenters. The average molecular weight is 390 g/mol. The quantitative estimate of drug-likeness (QED) is 0.612. The molecule has 3 aromatic carbocycles. The summed E-state index contributed by atoms with van der Waals surface area (Å²) in [6.07, 6.45) is 1.75. The lowest BCUT2D eigenvalue weighted by molar-refractivity contribution is 0.00234. The highest BCUT2D eigenvalue weighted by atomic mass is 16.6. The molecule has 2 heterocycles. The Hall–Kier alpha value is -2.63. The second-order valence-corrected chi connectivity index (χ2v) is 7.90. The van der Waals surface area contributed by atoms with Gasteiger partial charge in [-0.2, -0.15) is 0 Å². The van der Waals surface area contributed by atoms with Crippen molar-refractivity contribution in [3.8, 4) is 5.75 Å². The van der Waals surface area contributed by atoms with Gasteiger partial charge in [0.15, 0.2) is 0 Å². The van der Waals surface area contributed by atoms with Gasteiger partial charge in [-0.25, -0.2) is 4.79 Å². The van der Waals surface area contributed by atoms with Crippen LogP contribution < -0.4 is 4.74 Å². The number of nitrogens with zero attached hydrogens (tertiary/aromatic N) is 2. The van der Waals surface area contributed by atoms with Crippen LogP contribution in [0.4, 0.5) is 4.79 Å². The van der Waals surface area contributed by atoms with Crippen LogP contribution in [0.1, 0.15) is 12.8 Å². The van der Waals surface area contributed by atoms with E-state index in [1.165, 1.54) is 10.8 Å². The summed E-state index contributed by atoms with van der Waals surface area (Å²) in [5.74, 6) is 0.606. The first-order chi connectivity index (χ1) is 14.3. The van der Waals surface area contributed by atoms with Crippen LogP contribution in [-0.4, -0.2) is 61.3 Å². The van der Waals surface area contributed by atoms with E-state index in [4.69, 9.17) is 9.47 Å². The molecule has 0 aliphatic carbocycles. The Kier molecular flexibility index (Phi) is 5.08. The lowest BCUT2D eigenvalue weighted by atomic mass is 10.0. The summed E-state index contributed by atoms with van der Waals surface area (Å²) in [5.41, 5.74) is 0. The zero-order chi connectivity index (χ0) is 19.6. The van der Waals surface area contributed by atoms with Crippen molar-refractivity contribution in [1.82, 2.24) is 9.80 Å². The number of morpholine rings is 1. The van der Waals surface area contributed by atoms with Crippen LogP contribution in [0.5, 0.6) is 5.75 Å². The molecule has 0 aromatic heterocycles. The number of carbonyl (C=O) groups is 1. The summed E-state index contributed by atoms with van der Waals surface area (Å²) in [6, 6.07) is 19.0. The van der Waals surface area contributed by atoms with Crippen molar-refractivity contribution in [3.05, 3.63) is 54.6 Å². The van der Waals surface area contributed by atoms with E-state index in [2.05, 4.69) is 29.2 Å². The number of amides is 1. The van der Waals surface area contributed by atoms with Gasteiger partial charge in [-0.1, -0.05) is 42.5 Å². The molecule has 5 nitrogen and oxygen atoms in total. The topological polar surface area (TPSA) is 42.0 Å². The molecule has 2 aliphatic heterocycles. The maximum absolute atomic E-state index is 12.7. The van der Waals surface area contributed by atoms with E-state index in [-0.39, 0.29) is 6.09 Å². The molecule has 5 rings (SSSR count). The average Bonchev–Trinajstić information content (AvgIpc) is 2.79. The maximum atomic E-state index is 12.7. The summed E-state index contributed by atoms with van der Waals surface area (Å²) in [4.78, 5) is 17.1. The van der Waals surface area contributed by atoms with E-state index >= 15 is 0 Å². The van der Waals surface area contributed by atoms with Gasteiger partial charge in [0.1, 0.15) is 5.75 Å². The minimum absolute atomic E-state index is 0.245. The number of fused-ring (bicyclic) bond motifs is 3. The molecule has 0 unspecified atom stereocenters. The second-order valence-electron chi connectivity index (χ2n) is 7.90. The maximum Gasteiger partial charge on any atom is 0.415 e. The minimum Gasteiger partial charge on any atom is -0.410 e. The van der Waals surface area contributed by atoms with Crippen LogP contribution in [0.25, 0.3) is 21.5 Å². The first-order valence-electron chi connectivity index (χ1n) is 10.5. The van der Waals surface area contributed by atoms with Crippen LogP contribution in [0.3, 0.4) is 0 Å². The second kappa shape index (κ2) is 8.01. The highest BCUT2D eigenvalue weighted by Gasteiger charge is 2.28. The van der Waals surface area contributed by atoms with Gasteiger partial charge >= 0.3 is 6.09 Å². The SMILES string of the molecule is O=C(Oc1ccc2ccc3ccccc3c2c1)N1CCC(N2CCOCC2)CC1. The molecule has 3 aromatic rings. The third-order valence-electron chi connectivity index (χ3n) is 6.21. The van der Waals surface area contributed by atoms with Gasteiger partial charge in [-0.15, -0.1) is 0 Å². The zero-order valence-corrected chi connectivity index (χ0v) is 16.5. The summed E-state index contributed by atoms with van der Waals surface area (Å²) in [6.45, 7) is 5.13. The Labute approximate surface area is 170 Å². The monoisotopic (exact) mass is 390 g/mol. The van der Waals surface area contributed by atoms with Crippen molar-refractivity contribution >= 4 is 27.6 Å². The van der Waals surface area contributed by atoms with E-state index in [9.17, 15) is 4.79 Å².